The molecule has 0 amide bonds. The largest absolute Gasteiger partial charge is 0.485 e. The third kappa shape index (κ3) is 5.04. The molecule has 0 spiro atoms. The average Bonchev–Trinajstić information content (AvgIpc) is 4.05. The number of hydrogen-bond acceptors (Lipinski definition) is 4. The number of benzene rings is 7. The molecule has 1 aromatic heterocycles. The van der Waals surface area contributed by atoms with E-state index in [0.717, 1.165) is 61.6 Å². The van der Waals surface area contributed by atoms with E-state index in [0.29, 0.717) is 0 Å². The summed E-state index contributed by atoms with van der Waals surface area (Å²) >= 11 is 0. The van der Waals surface area contributed by atoms with E-state index in [1.54, 1.807) is 0 Å². The van der Waals surface area contributed by atoms with Crippen LogP contribution in [0.25, 0.3) is 66.5 Å². The van der Waals surface area contributed by atoms with Gasteiger partial charge in [-0.1, -0.05) is 97.1 Å². The number of allylic oxidation sites excluding steroid dienone is 4. The molecule has 4 unspecified atom stereocenters. The van der Waals surface area contributed by atoms with Crippen molar-refractivity contribution in [1.82, 2.24) is 0 Å². The van der Waals surface area contributed by atoms with Gasteiger partial charge in [-0.15, -0.1) is 0 Å². The second kappa shape index (κ2) is 12.6. The van der Waals surface area contributed by atoms with Crippen molar-refractivity contribution in [3.63, 3.8) is 0 Å². The van der Waals surface area contributed by atoms with Crippen LogP contribution < -0.4 is 14.2 Å². The minimum atomic E-state index is -0.187. The molecule has 4 atom stereocenters. The normalized spacial score (nSPS) is 20.1. The van der Waals surface area contributed by atoms with Gasteiger partial charge in [-0.25, -0.2) is 0 Å². The highest BCUT2D eigenvalue weighted by Gasteiger charge is 2.45. The first kappa shape index (κ1) is 33.6. The molecule has 13 rings (SSSR count). The highest BCUT2D eigenvalue weighted by molar-refractivity contribution is 6.08. The summed E-state index contributed by atoms with van der Waals surface area (Å²) in [5.74, 6) is 3.83. The second-order valence-corrected chi connectivity index (χ2v) is 16.8. The van der Waals surface area contributed by atoms with E-state index in [9.17, 15) is 0 Å². The van der Waals surface area contributed by atoms with E-state index in [1.165, 1.54) is 61.2 Å². The van der Waals surface area contributed by atoms with E-state index in [4.69, 9.17) is 18.6 Å². The minimum absolute atomic E-state index is 0.00393. The molecule has 8 aromatic rings. The van der Waals surface area contributed by atoms with Crippen molar-refractivity contribution in [1.29, 1.82) is 0 Å². The smallest absolute Gasteiger partial charge is 0.139 e. The predicted octanol–water partition coefficient (Wildman–Crippen LogP) is 13.9. The van der Waals surface area contributed by atoms with Gasteiger partial charge in [0, 0.05) is 39.0 Å². The number of aryl methyl sites for hydroxylation is 2. The molecule has 0 saturated carbocycles. The lowest BCUT2D eigenvalue weighted by molar-refractivity contribution is 0.240. The molecule has 5 aliphatic rings. The molecule has 0 N–H and O–H groups in total. The van der Waals surface area contributed by atoms with E-state index in [1.807, 2.05) is 0 Å². The third-order valence-corrected chi connectivity index (χ3v) is 13.3. The Morgan fingerprint density at radius 1 is 0.500 bits per heavy atom. The molecule has 286 valence electrons. The first-order valence-electron chi connectivity index (χ1n) is 20.9. The van der Waals surface area contributed by atoms with Gasteiger partial charge in [0.1, 0.15) is 46.4 Å². The fourth-order valence-corrected chi connectivity index (χ4v) is 10.3. The quantitative estimate of drug-likeness (QED) is 0.179. The Morgan fingerprint density at radius 2 is 1.18 bits per heavy atom. The molecule has 0 radical (unpaired) electrons. The molecule has 4 nitrogen and oxygen atoms in total. The van der Waals surface area contributed by atoms with Gasteiger partial charge in [-0.05, 0) is 142 Å². The van der Waals surface area contributed by atoms with E-state index in [-0.39, 0.29) is 24.0 Å². The van der Waals surface area contributed by atoms with Crippen molar-refractivity contribution in [2.75, 3.05) is 0 Å². The molecule has 4 heteroatoms. The van der Waals surface area contributed by atoms with Crippen LogP contribution in [0.5, 0.6) is 17.2 Å². The Morgan fingerprint density at radius 3 is 1.98 bits per heavy atom. The van der Waals surface area contributed by atoms with Gasteiger partial charge in [-0.2, -0.15) is 0 Å². The predicted molar refractivity (Wildman–Crippen MR) is 241 cm³/mol. The van der Waals surface area contributed by atoms with E-state index in [2.05, 4.69) is 184 Å². The highest BCUT2D eigenvalue weighted by Crippen LogP contribution is 2.55. The molecule has 0 saturated heterocycles. The monoisotopic (exact) mass is 774 g/mol. The lowest BCUT2D eigenvalue weighted by Crippen LogP contribution is -2.24. The zero-order valence-corrected chi connectivity index (χ0v) is 33.1. The van der Waals surface area contributed by atoms with Crippen LogP contribution in [-0.4, -0.2) is 12.2 Å². The lowest BCUT2D eigenvalue weighted by Gasteiger charge is -2.23. The van der Waals surface area contributed by atoms with Crippen LogP contribution in [0.2, 0.25) is 0 Å². The zero-order chi connectivity index (χ0) is 39.6. The summed E-state index contributed by atoms with van der Waals surface area (Å²) in [6.45, 7) is 4.36. The summed E-state index contributed by atoms with van der Waals surface area (Å²) in [5.41, 5.74) is 18.4. The van der Waals surface area contributed by atoms with Crippen molar-refractivity contribution >= 4 is 33.1 Å². The standard InChI is InChI=1S/C56H38O4/c1-31-23-53-46(29-40(31)37-15-20-50-44(27-37)42-25-35(13-18-48(42)57-50)33-9-5-3-6-10-33)39-17-22-52-55(56(39)60-53)47-30-41(32(2)24-54(47)59-52)38-16-21-51-45(28-38)43-26-36(14-19-49(43)58-51)34-11-7-4-8-12-34/h3-30,43,49,55-56H,1-2H3. The van der Waals surface area contributed by atoms with Crippen molar-refractivity contribution in [3.05, 3.63) is 209 Å². The zero-order valence-electron chi connectivity index (χ0n) is 33.1. The summed E-state index contributed by atoms with van der Waals surface area (Å²) < 4.78 is 26.3. The number of ether oxygens (including phenoxy) is 3. The molecule has 0 bridgehead atoms. The fourth-order valence-electron chi connectivity index (χ4n) is 10.3. The number of furan rings is 1. The SMILES string of the molecule is Cc1cc2c(cc1-c1ccc3oc4ccc(-c5ccccc5)cc4c3c1)C1=CC=C3Oc4cc(C)c(-c5ccc6c(c5)C5C=C(c7ccccc7)C=CC5O6)cc4C3C1O2. The topological polar surface area (TPSA) is 40.8 Å². The van der Waals surface area contributed by atoms with Crippen molar-refractivity contribution in [2.45, 2.75) is 37.9 Å². The molecule has 2 aliphatic carbocycles. The van der Waals surface area contributed by atoms with Crippen molar-refractivity contribution in [2.24, 2.45) is 0 Å². The molecular weight excluding hydrogens is 737 g/mol. The van der Waals surface area contributed by atoms with Gasteiger partial charge >= 0.3 is 0 Å². The third-order valence-electron chi connectivity index (χ3n) is 13.3. The van der Waals surface area contributed by atoms with Crippen LogP contribution in [0, 0.1) is 13.8 Å². The minimum Gasteiger partial charge on any atom is -0.485 e. The van der Waals surface area contributed by atoms with E-state index >= 15 is 0 Å². The number of rotatable bonds is 4. The van der Waals surface area contributed by atoms with Gasteiger partial charge in [0.05, 0.1) is 5.92 Å². The van der Waals surface area contributed by atoms with Gasteiger partial charge in [-0.3, -0.25) is 0 Å². The fraction of sp³-hybridized carbons (Fsp3) is 0.107. The summed E-state index contributed by atoms with van der Waals surface area (Å²) in [4.78, 5) is 0. The first-order valence-corrected chi connectivity index (χ1v) is 20.9. The Hall–Kier alpha value is -7.30. The van der Waals surface area contributed by atoms with Crippen LogP contribution in [0.4, 0.5) is 0 Å². The Balaban J connectivity index is 0.837. The van der Waals surface area contributed by atoms with Crippen LogP contribution >= 0.6 is 0 Å². The molecule has 4 heterocycles. The summed E-state index contributed by atoms with van der Waals surface area (Å²) in [6, 6.07) is 49.9. The highest BCUT2D eigenvalue weighted by atomic mass is 16.5. The van der Waals surface area contributed by atoms with Crippen molar-refractivity contribution in [3.8, 4) is 50.6 Å². The number of hydrogen-bond donors (Lipinski definition) is 0. The molecule has 3 aliphatic heterocycles. The van der Waals surface area contributed by atoms with Crippen molar-refractivity contribution < 1.29 is 18.6 Å². The van der Waals surface area contributed by atoms with Gasteiger partial charge in [0.15, 0.2) is 0 Å². The Labute approximate surface area is 348 Å². The Bertz CT molecular complexity index is 3270. The van der Waals surface area contributed by atoms with Crippen LogP contribution in [-0.2, 0) is 0 Å². The second-order valence-electron chi connectivity index (χ2n) is 16.8. The molecular formula is C56H38O4. The summed E-state index contributed by atoms with van der Waals surface area (Å²) in [7, 11) is 0. The lowest BCUT2D eigenvalue weighted by atomic mass is 9.81. The summed E-state index contributed by atoms with van der Waals surface area (Å²) in [5, 5.41) is 2.24. The number of fused-ring (bicyclic) bond motifs is 13. The van der Waals surface area contributed by atoms with Crippen LogP contribution in [0.3, 0.4) is 0 Å². The first-order chi connectivity index (χ1) is 29.5. The molecule has 0 fully saturated rings. The van der Waals surface area contributed by atoms with Gasteiger partial charge in [0.2, 0.25) is 0 Å². The molecule has 7 aromatic carbocycles. The maximum atomic E-state index is 6.93. The van der Waals surface area contributed by atoms with Crippen LogP contribution in [0.15, 0.2) is 180 Å². The van der Waals surface area contributed by atoms with Gasteiger partial charge < -0.3 is 18.6 Å². The van der Waals surface area contributed by atoms with Gasteiger partial charge in [0.25, 0.3) is 0 Å². The Kier molecular flexibility index (Phi) is 7.07. The van der Waals surface area contributed by atoms with E-state index < -0.39 is 0 Å². The molecule has 60 heavy (non-hydrogen) atoms. The summed E-state index contributed by atoms with van der Waals surface area (Å²) in [6.07, 6.45) is 10.9. The van der Waals surface area contributed by atoms with Crippen LogP contribution in [0.1, 0.15) is 45.2 Å². The maximum absolute atomic E-state index is 6.93. The average molecular weight is 775 g/mol. The maximum Gasteiger partial charge on any atom is 0.139 e.